The van der Waals surface area contributed by atoms with Crippen LogP contribution in [0.25, 0.3) is 0 Å². The van der Waals surface area contributed by atoms with Crippen molar-refractivity contribution in [1.29, 1.82) is 0 Å². The van der Waals surface area contributed by atoms with Crippen LogP contribution in [-0.4, -0.2) is 28.5 Å². The lowest BCUT2D eigenvalue weighted by molar-refractivity contribution is -0.116. The molecular weight excluding hydrogens is 228 g/mol. The molecule has 0 radical (unpaired) electrons. The van der Waals surface area contributed by atoms with Crippen LogP contribution in [0, 0.1) is 6.92 Å². The molecule has 0 saturated heterocycles. The standard InChI is InChI=1S/C10H15ClN4O/c1-6(2)15(5-9(12)16)10-4-8(11)13-7(3)14-10/h4,6H,5H2,1-3H3,(H2,12,16). The molecule has 5 nitrogen and oxygen atoms in total. The van der Waals surface area contributed by atoms with Crippen LogP contribution in [0.1, 0.15) is 19.7 Å². The van der Waals surface area contributed by atoms with Crippen molar-refractivity contribution in [3.05, 3.63) is 17.0 Å². The summed E-state index contributed by atoms with van der Waals surface area (Å²) < 4.78 is 0. The maximum Gasteiger partial charge on any atom is 0.237 e. The Morgan fingerprint density at radius 1 is 1.56 bits per heavy atom. The Bertz CT molecular complexity index is 374. The summed E-state index contributed by atoms with van der Waals surface area (Å²) in [6, 6.07) is 1.73. The van der Waals surface area contributed by atoms with Gasteiger partial charge in [0.25, 0.3) is 0 Å². The van der Waals surface area contributed by atoms with Gasteiger partial charge in [0, 0.05) is 12.1 Å². The van der Waals surface area contributed by atoms with Gasteiger partial charge in [0.2, 0.25) is 5.91 Å². The summed E-state index contributed by atoms with van der Waals surface area (Å²) in [7, 11) is 0. The van der Waals surface area contributed by atoms with Crippen molar-refractivity contribution < 1.29 is 4.79 Å². The number of nitrogens with zero attached hydrogens (tertiary/aromatic N) is 3. The van der Waals surface area contributed by atoms with Crippen molar-refractivity contribution in [2.45, 2.75) is 26.8 Å². The van der Waals surface area contributed by atoms with Crippen LogP contribution in [-0.2, 0) is 4.79 Å². The van der Waals surface area contributed by atoms with Crippen LogP contribution >= 0.6 is 11.6 Å². The number of hydrogen-bond acceptors (Lipinski definition) is 4. The zero-order chi connectivity index (χ0) is 12.3. The average molecular weight is 243 g/mol. The van der Waals surface area contributed by atoms with Crippen molar-refractivity contribution in [2.75, 3.05) is 11.4 Å². The Labute approximate surface area is 99.6 Å². The molecule has 0 aromatic carbocycles. The van der Waals surface area contributed by atoms with Crippen molar-refractivity contribution in [1.82, 2.24) is 9.97 Å². The van der Waals surface area contributed by atoms with Gasteiger partial charge < -0.3 is 10.6 Å². The summed E-state index contributed by atoms with van der Waals surface area (Å²) in [5.41, 5.74) is 5.19. The highest BCUT2D eigenvalue weighted by Crippen LogP contribution is 2.17. The van der Waals surface area contributed by atoms with Crippen LogP contribution in [0.5, 0.6) is 0 Å². The number of anilines is 1. The molecule has 0 fully saturated rings. The van der Waals surface area contributed by atoms with Crippen LogP contribution in [0.3, 0.4) is 0 Å². The van der Waals surface area contributed by atoms with Gasteiger partial charge in [-0.3, -0.25) is 4.79 Å². The third-order valence-electron chi connectivity index (χ3n) is 2.04. The highest BCUT2D eigenvalue weighted by atomic mass is 35.5. The molecule has 0 saturated carbocycles. The Morgan fingerprint density at radius 2 is 2.19 bits per heavy atom. The molecule has 0 unspecified atom stereocenters. The van der Waals surface area contributed by atoms with Gasteiger partial charge in [-0.25, -0.2) is 9.97 Å². The average Bonchev–Trinajstić information content (AvgIpc) is 2.11. The second kappa shape index (κ2) is 5.12. The van der Waals surface area contributed by atoms with Crippen molar-refractivity contribution >= 4 is 23.3 Å². The van der Waals surface area contributed by atoms with Crippen LogP contribution in [0.15, 0.2) is 6.07 Å². The fourth-order valence-corrected chi connectivity index (χ4v) is 1.58. The zero-order valence-corrected chi connectivity index (χ0v) is 10.3. The lowest BCUT2D eigenvalue weighted by Gasteiger charge is -2.26. The first-order valence-electron chi connectivity index (χ1n) is 4.96. The van der Waals surface area contributed by atoms with E-state index in [9.17, 15) is 4.79 Å². The first-order chi connectivity index (χ1) is 7.40. The predicted molar refractivity (Wildman–Crippen MR) is 63.5 cm³/mol. The van der Waals surface area contributed by atoms with E-state index in [1.165, 1.54) is 0 Å². The molecule has 16 heavy (non-hydrogen) atoms. The lowest BCUT2D eigenvalue weighted by Crippen LogP contribution is -2.39. The molecule has 0 spiro atoms. The van der Waals surface area contributed by atoms with E-state index in [0.717, 1.165) is 0 Å². The highest BCUT2D eigenvalue weighted by molar-refractivity contribution is 6.29. The lowest BCUT2D eigenvalue weighted by atomic mass is 10.3. The summed E-state index contributed by atoms with van der Waals surface area (Å²) in [5, 5.41) is 0.359. The van der Waals surface area contributed by atoms with Crippen molar-refractivity contribution in [2.24, 2.45) is 5.73 Å². The molecule has 1 rings (SSSR count). The third kappa shape index (κ3) is 3.34. The monoisotopic (exact) mass is 242 g/mol. The number of aryl methyl sites for hydroxylation is 1. The number of amides is 1. The number of carbonyl (C=O) groups is 1. The first kappa shape index (κ1) is 12.7. The Morgan fingerprint density at radius 3 is 2.62 bits per heavy atom. The van der Waals surface area contributed by atoms with Crippen molar-refractivity contribution in [3.8, 4) is 0 Å². The zero-order valence-electron chi connectivity index (χ0n) is 9.57. The normalized spacial score (nSPS) is 10.6. The van der Waals surface area contributed by atoms with Gasteiger partial charge in [0.15, 0.2) is 0 Å². The molecule has 2 N–H and O–H groups in total. The fourth-order valence-electron chi connectivity index (χ4n) is 1.36. The molecule has 1 aromatic heterocycles. The summed E-state index contributed by atoms with van der Waals surface area (Å²) in [4.78, 5) is 20.9. The van der Waals surface area contributed by atoms with Gasteiger partial charge in [-0.15, -0.1) is 0 Å². The number of nitrogens with two attached hydrogens (primary N) is 1. The Balaban J connectivity index is 3.05. The van der Waals surface area contributed by atoms with Crippen molar-refractivity contribution in [3.63, 3.8) is 0 Å². The second-order valence-corrected chi connectivity index (χ2v) is 4.17. The van der Waals surface area contributed by atoms with Crippen LogP contribution in [0.4, 0.5) is 5.82 Å². The minimum Gasteiger partial charge on any atom is -0.368 e. The topological polar surface area (TPSA) is 72.1 Å². The summed E-state index contributed by atoms with van der Waals surface area (Å²) in [6.07, 6.45) is 0. The number of primary amides is 1. The van der Waals surface area contributed by atoms with Gasteiger partial charge in [0.1, 0.15) is 16.8 Å². The Hall–Kier alpha value is -1.36. The minimum atomic E-state index is -0.402. The van der Waals surface area contributed by atoms with Gasteiger partial charge in [-0.1, -0.05) is 11.6 Å². The number of aromatic nitrogens is 2. The van der Waals surface area contributed by atoms with E-state index in [-0.39, 0.29) is 12.6 Å². The second-order valence-electron chi connectivity index (χ2n) is 3.78. The molecule has 1 heterocycles. The fraction of sp³-hybridized carbons (Fsp3) is 0.500. The molecule has 1 amide bonds. The van der Waals surface area contributed by atoms with E-state index < -0.39 is 5.91 Å². The van der Waals surface area contributed by atoms with E-state index in [1.807, 2.05) is 13.8 Å². The van der Waals surface area contributed by atoms with Gasteiger partial charge >= 0.3 is 0 Å². The molecular formula is C10H15ClN4O. The third-order valence-corrected chi connectivity index (χ3v) is 2.23. The number of carbonyl (C=O) groups excluding carboxylic acids is 1. The summed E-state index contributed by atoms with van der Waals surface area (Å²) >= 11 is 5.84. The van der Waals surface area contributed by atoms with Gasteiger partial charge in [-0.05, 0) is 20.8 Å². The maximum atomic E-state index is 11.0. The number of halogens is 1. The van der Waals surface area contributed by atoms with E-state index in [0.29, 0.717) is 16.8 Å². The Kier molecular flexibility index (Phi) is 4.06. The minimum absolute atomic E-state index is 0.109. The molecule has 0 aliphatic carbocycles. The SMILES string of the molecule is Cc1nc(Cl)cc(N(CC(N)=O)C(C)C)n1. The smallest absolute Gasteiger partial charge is 0.237 e. The van der Waals surface area contributed by atoms with Gasteiger partial charge in [0.05, 0.1) is 6.54 Å². The van der Waals surface area contributed by atoms with Crippen LogP contribution in [0.2, 0.25) is 5.15 Å². The molecule has 88 valence electrons. The molecule has 6 heteroatoms. The molecule has 1 aromatic rings. The predicted octanol–water partition coefficient (Wildman–Crippen LogP) is 1.14. The molecule has 0 aliphatic heterocycles. The van der Waals surface area contributed by atoms with E-state index >= 15 is 0 Å². The molecule has 0 atom stereocenters. The number of hydrogen-bond donors (Lipinski definition) is 1. The summed E-state index contributed by atoms with van der Waals surface area (Å²) in [5.74, 6) is 0.782. The quantitative estimate of drug-likeness (QED) is 0.804. The summed E-state index contributed by atoms with van der Waals surface area (Å²) in [6.45, 7) is 5.77. The van der Waals surface area contributed by atoms with E-state index in [4.69, 9.17) is 17.3 Å². The first-order valence-corrected chi connectivity index (χ1v) is 5.34. The van der Waals surface area contributed by atoms with E-state index in [1.54, 1.807) is 17.9 Å². The molecule has 0 bridgehead atoms. The molecule has 0 aliphatic rings. The van der Waals surface area contributed by atoms with E-state index in [2.05, 4.69) is 9.97 Å². The van der Waals surface area contributed by atoms with Gasteiger partial charge in [-0.2, -0.15) is 0 Å². The largest absolute Gasteiger partial charge is 0.368 e. The number of rotatable bonds is 4. The highest BCUT2D eigenvalue weighted by Gasteiger charge is 2.15. The maximum absolute atomic E-state index is 11.0. The van der Waals surface area contributed by atoms with Crippen LogP contribution < -0.4 is 10.6 Å².